The van der Waals surface area contributed by atoms with E-state index in [4.69, 9.17) is 4.74 Å². The Labute approximate surface area is 110 Å². The van der Waals surface area contributed by atoms with Crippen molar-refractivity contribution in [2.75, 3.05) is 32.6 Å². The molecule has 1 rings (SSSR count). The van der Waals surface area contributed by atoms with E-state index in [-0.39, 0.29) is 5.54 Å². The molecule has 1 N–H and O–H groups in total. The van der Waals surface area contributed by atoms with E-state index in [1.165, 1.54) is 0 Å². The molecule has 1 aromatic heterocycles. The number of nitrogens with one attached hydrogen (secondary N) is 1. The van der Waals surface area contributed by atoms with Gasteiger partial charge in [-0.2, -0.15) is 4.98 Å². The van der Waals surface area contributed by atoms with Gasteiger partial charge in [-0.15, -0.1) is 0 Å². The Hall–Kier alpha value is -1.29. The number of hydrogen-bond acceptors (Lipinski definition) is 4. The molecule has 0 unspecified atom stereocenters. The summed E-state index contributed by atoms with van der Waals surface area (Å²) in [5.74, 6) is 1.54. The number of anilines is 1. The second kappa shape index (κ2) is 6.59. The van der Waals surface area contributed by atoms with Crippen molar-refractivity contribution in [1.29, 1.82) is 0 Å². The van der Waals surface area contributed by atoms with Gasteiger partial charge in [-0.05, 0) is 47.4 Å². The van der Waals surface area contributed by atoms with E-state index in [2.05, 4.69) is 50.1 Å². The molecule has 0 spiro atoms. The first kappa shape index (κ1) is 14.8. The Morgan fingerprint density at radius 3 is 2.61 bits per heavy atom. The largest absolute Gasteiger partial charge is 0.478 e. The van der Waals surface area contributed by atoms with Gasteiger partial charge in [0.15, 0.2) is 0 Å². The number of pyridine rings is 1. The van der Waals surface area contributed by atoms with Crippen molar-refractivity contribution in [2.24, 2.45) is 0 Å². The predicted octanol–water partition coefficient (Wildman–Crippen LogP) is 2.62. The Kier molecular flexibility index (Phi) is 5.41. The van der Waals surface area contributed by atoms with Crippen LogP contribution in [0.15, 0.2) is 18.2 Å². The van der Waals surface area contributed by atoms with E-state index >= 15 is 0 Å². The molecule has 1 aromatic rings. The van der Waals surface area contributed by atoms with Crippen LogP contribution in [0.5, 0.6) is 5.88 Å². The molecule has 0 saturated carbocycles. The number of hydrogen-bond donors (Lipinski definition) is 1. The molecule has 0 fully saturated rings. The van der Waals surface area contributed by atoms with Crippen molar-refractivity contribution in [3.8, 4) is 5.88 Å². The molecule has 4 nitrogen and oxygen atoms in total. The van der Waals surface area contributed by atoms with Gasteiger partial charge >= 0.3 is 0 Å². The molecule has 0 aliphatic rings. The molecule has 18 heavy (non-hydrogen) atoms. The summed E-state index contributed by atoms with van der Waals surface area (Å²) in [6, 6.07) is 5.81. The van der Waals surface area contributed by atoms with Crippen LogP contribution in [0.25, 0.3) is 0 Å². The fraction of sp³-hybridized carbons (Fsp3) is 0.643. The van der Waals surface area contributed by atoms with E-state index in [0.717, 1.165) is 18.8 Å². The van der Waals surface area contributed by atoms with E-state index in [1.54, 1.807) is 0 Å². The maximum atomic E-state index is 5.63. The summed E-state index contributed by atoms with van der Waals surface area (Å²) < 4.78 is 5.63. The molecule has 0 aliphatic heterocycles. The summed E-state index contributed by atoms with van der Waals surface area (Å²) >= 11 is 0. The fourth-order valence-electron chi connectivity index (χ4n) is 1.51. The first-order valence-corrected chi connectivity index (χ1v) is 6.39. The number of nitrogens with zero attached hydrogens (tertiary/aromatic N) is 2. The monoisotopic (exact) mass is 251 g/mol. The molecule has 0 aromatic carbocycles. The van der Waals surface area contributed by atoms with Crippen LogP contribution >= 0.6 is 0 Å². The van der Waals surface area contributed by atoms with Crippen molar-refractivity contribution >= 4 is 5.82 Å². The van der Waals surface area contributed by atoms with Gasteiger partial charge in [0.05, 0.1) is 6.61 Å². The van der Waals surface area contributed by atoms with Gasteiger partial charge in [-0.3, -0.25) is 0 Å². The van der Waals surface area contributed by atoms with Crippen molar-refractivity contribution in [3.63, 3.8) is 0 Å². The summed E-state index contributed by atoms with van der Waals surface area (Å²) in [7, 11) is 4.12. The molecular formula is C14H25N3O. The smallest absolute Gasteiger partial charge is 0.215 e. The van der Waals surface area contributed by atoms with Gasteiger partial charge in [0.2, 0.25) is 5.88 Å². The van der Waals surface area contributed by atoms with Crippen LogP contribution in [-0.2, 0) is 0 Å². The Morgan fingerprint density at radius 2 is 2.00 bits per heavy atom. The fourth-order valence-corrected chi connectivity index (χ4v) is 1.51. The van der Waals surface area contributed by atoms with Crippen molar-refractivity contribution < 1.29 is 4.74 Å². The number of aromatic nitrogens is 1. The Bertz CT molecular complexity index is 358. The maximum Gasteiger partial charge on any atom is 0.215 e. The van der Waals surface area contributed by atoms with Gasteiger partial charge < -0.3 is 15.0 Å². The van der Waals surface area contributed by atoms with Crippen LogP contribution in [0.4, 0.5) is 5.82 Å². The van der Waals surface area contributed by atoms with E-state index in [1.807, 2.05) is 18.2 Å². The lowest BCUT2D eigenvalue weighted by atomic mass is 10.1. The van der Waals surface area contributed by atoms with Gasteiger partial charge in [0.1, 0.15) is 5.82 Å². The lowest BCUT2D eigenvalue weighted by molar-refractivity contribution is 0.273. The van der Waals surface area contributed by atoms with Gasteiger partial charge in [-0.25, -0.2) is 0 Å². The minimum Gasteiger partial charge on any atom is -0.478 e. The van der Waals surface area contributed by atoms with Crippen LogP contribution in [0.3, 0.4) is 0 Å². The molecule has 0 aliphatic carbocycles. The minimum absolute atomic E-state index is 0.0105. The Balaban J connectivity index is 2.44. The van der Waals surface area contributed by atoms with Crippen LogP contribution < -0.4 is 10.1 Å². The summed E-state index contributed by atoms with van der Waals surface area (Å²) in [6.07, 6.45) is 1.01. The molecule has 102 valence electrons. The highest BCUT2D eigenvalue weighted by Gasteiger charge is 2.10. The van der Waals surface area contributed by atoms with Gasteiger partial charge in [-0.1, -0.05) is 6.07 Å². The molecule has 0 radical (unpaired) electrons. The van der Waals surface area contributed by atoms with Crippen LogP contribution in [0, 0.1) is 0 Å². The van der Waals surface area contributed by atoms with Crippen LogP contribution in [0.2, 0.25) is 0 Å². The summed E-state index contributed by atoms with van der Waals surface area (Å²) in [5.41, 5.74) is 0.0105. The highest BCUT2D eigenvalue weighted by Crippen LogP contribution is 2.15. The summed E-state index contributed by atoms with van der Waals surface area (Å²) in [6.45, 7) is 8.06. The molecule has 4 heteroatoms. The zero-order valence-electron chi connectivity index (χ0n) is 12.2. The second-order valence-corrected chi connectivity index (χ2v) is 5.74. The highest BCUT2D eigenvalue weighted by molar-refractivity contribution is 5.39. The predicted molar refractivity (Wildman–Crippen MR) is 76.3 cm³/mol. The summed E-state index contributed by atoms with van der Waals surface area (Å²) in [4.78, 5) is 6.58. The zero-order valence-corrected chi connectivity index (χ0v) is 12.2. The average Bonchev–Trinajstić information content (AvgIpc) is 2.22. The number of ether oxygens (including phenoxy) is 1. The SMILES string of the molecule is CN(C)CCCOc1cccc(NC(C)(C)C)n1. The number of rotatable bonds is 6. The third kappa shape index (κ3) is 6.45. The minimum atomic E-state index is 0.0105. The first-order chi connectivity index (χ1) is 8.37. The van der Waals surface area contributed by atoms with Gasteiger partial charge in [0.25, 0.3) is 0 Å². The topological polar surface area (TPSA) is 37.4 Å². The first-order valence-electron chi connectivity index (χ1n) is 6.39. The van der Waals surface area contributed by atoms with Crippen LogP contribution in [0.1, 0.15) is 27.2 Å². The average molecular weight is 251 g/mol. The van der Waals surface area contributed by atoms with Gasteiger partial charge in [0, 0.05) is 18.2 Å². The summed E-state index contributed by atoms with van der Waals surface area (Å²) in [5, 5.41) is 3.33. The molecule has 1 heterocycles. The quantitative estimate of drug-likeness (QED) is 0.789. The lowest BCUT2D eigenvalue weighted by Crippen LogP contribution is -2.26. The lowest BCUT2D eigenvalue weighted by Gasteiger charge is -2.21. The highest BCUT2D eigenvalue weighted by atomic mass is 16.5. The van der Waals surface area contributed by atoms with Crippen molar-refractivity contribution in [1.82, 2.24) is 9.88 Å². The van der Waals surface area contributed by atoms with E-state index in [0.29, 0.717) is 12.5 Å². The van der Waals surface area contributed by atoms with Crippen molar-refractivity contribution in [3.05, 3.63) is 18.2 Å². The Morgan fingerprint density at radius 1 is 1.28 bits per heavy atom. The molecule has 0 amide bonds. The van der Waals surface area contributed by atoms with E-state index < -0.39 is 0 Å². The molecular weight excluding hydrogens is 226 g/mol. The zero-order chi connectivity index (χ0) is 13.6. The normalized spacial score (nSPS) is 11.7. The standard InChI is InChI=1S/C14H25N3O/c1-14(2,3)16-12-8-6-9-13(15-12)18-11-7-10-17(4)5/h6,8-9H,7,10-11H2,1-5H3,(H,15,16). The third-order valence-electron chi connectivity index (χ3n) is 2.23. The van der Waals surface area contributed by atoms with Crippen LogP contribution in [-0.4, -0.2) is 42.7 Å². The van der Waals surface area contributed by atoms with E-state index in [9.17, 15) is 0 Å². The maximum absolute atomic E-state index is 5.63. The third-order valence-corrected chi connectivity index (χ3v) is 2.23. The molecule has 0 atom stereocenters. The molecule has 0 saturated heterocycles. The van der Waals surface area contributed by atoms with Crippen molar-refractivity contribution in [2.45, 2.75) is 32.7 Å². The second-order valence-electron chi connectivity index (χ2n) is 5.74. The molecule has 0 bridgehead atoms.